The minimum absolute atomic E-state index is 1.18. The van der Waals surface area contributed by atoms with Crippen molar-refractivity contribution in [2.24, 2.45) is 0 Å². The van der Waals surface area contributed by atoms with Crippen LogP contribution in [0.3, 0.4) is 0 Å². The van der Waals surface area contributed by atoms with Crippen molar-refractivity contribution in [1.29, 1.82) is 0 Å². The van der Waals surface area contributed by atoms with Gasteiger partial charge in [0, 0.05) is 11.4 Å². The van der Waals surface area contributed by atoms with Crippen molar-refractivity contribution in [3.8, 4) is 0 Å². The summed E-state index contributed by atoms with van der Waals surface area (Å²) in [7, 11) is 0. The van der Waals surface area contributed by atoms with Gasteiger partial charge < -0.3 is 0 Å². The molecule has 0 amide bonds. The van der Waals surface area contributed by atoms with Gasteiger partial charge in [-0.25, -0.2) is 0 Å². The van der Waals surface area contributed by atoms with Crippen molar-refractivity contribution < 1.29 is 0 Å². The molecular weight excluding hydrogens is 398 g/mol. The zero-order valence-electron chi connectivity index (χ0n) is 23.1. The topological polar surface area (TPSA) is 12.9 Å². The van der Waals surface area contributed by atoms with Gasteiger partial charge in [-0.2, -0.15) is 0 Å². The Bertz CT molecular complexity index is 493. The van der Waals surface area contributed by atoms with Gasteiger partial charge in [0.25, 0.3) is 0 Å². The zero-order valence-corrected chi connectivity index (χ0v) is 23.1. The average molecular weight is 458 g/mol. The molecule has 0 aliphatic heterocycles. The normalized spacial score (nSPS) is 11.4. The Hall–Kier alpha value is -0.850. The maximum Gasteiger partial charge on any atom is 0.0409 e. The van der Waals surface area contributed by atoms with E-state index < -0.39 is 0 Å². The van der Waals surface area contributed by atoms with Gasteiger partial charge in [-0.1, -0.05) is 143 Å². The number of rotatable bonds is 24. The van der Waals surface area contributed by atoms with Gasteiger partial charge in [-0.05, 0) is 49.8 Å². The molecule has 0 unspecified atom stereocenters. The molecule has 1 heterocycles. The number of unbranched alkanes of at least 4 members (excludes halogenated alkanes) is 18. The van der Waals surface area contributed by atoms with Crippen molar-refractivity contribution in [3.63, 3.8) is 0 Å². The molecule has 1 heteroatoms. The summed E-state index contributed by atoms with van der Waals surface area (Å²) in [6, 6.07) is 4.80. The van der Waals surface area contributed by atoms with Gasteiger partial charge in [0.1, 0.15) is 0 Å². The van der Waals surface area contributed by atoms with Crippen LogP contribution in [-0.4, -0.2) is 4.98 Å². The van der Waals surface area contributed by atoms with Crippen molar-refractivity contribution >= 4 is 0 Å². The molecule has 0 aromatic carbocycles. The molecule has 1 nitrogen and oxygen atoms in total. The second kappa shape index (κ2) is 22.9. The molecule has 0 bridgehead atoms. The molecule has 0 saturated heterocycles. The lowest BCUT2D eigenvalue weighted by Gasteiger charge is -2.09. The summed E-state index contributed by atoms with van der Waals surface area (Å²) in [6.07, 6.45) is 33.0. The predicted octanol–water partition coefficient (Wildman–Crippen LogP) is 11.0. The fourth-order valence-electron chi connectivity index (χ4n) is 4.99. The monoisotopic (exact) mass is 457 g/mol. The van der Waals surface area contributed by atoms with Crippen LogP contribution in [0.5, 0.6) is 0 Å². The van der Waals surface area contributed by atoms with E-state index in [-0.39, 0.29) is 0 Å². The molecule has 0 atom stereocenters. The number of hydrogen-bond donors (Lipinski definition) is 0. The van der Waals surface area contributed by atoms with Crippen LogP contribution in [0.1, 0.15) is 173 Å². The number of pyridine rings is 1. The SMILES string of the molecule is CCCCCCCCCCCCc1cc(CCC)cc(CCCCCCCCCCCC)n1. The number of nitrogens with zero attached hydrogens (tertiary/aromatic N) is 1. The van der Waals surface area contributed by atoms with E-state index in [9.17, 15) is 0 Å². The van der Waals surface area contributed by atoms with E-state index in [2.05, 4.69) is 32.9 Å². The molecule has 0 N–H and O–H groups in total. The van der Waals surface area contributed by atoms with Gasteiger partial charge in [0.05, 0.1) is 0 Å². The third-order valence-electron chi connectivity index (χ3n) is 7.10. The van der Waals surface area contributed by atoms with Crippen LogP contribution in [-0.2, 0) is 19.3 Å². The van der Waals surface area contributed by atoms with Crippen LogP contribution in [0.4, 0.5) is 0 Å². The summed E-state index contributed by atoms with van der Waals surface area (Å²) in [6.45, 7) is 6.89. The van der Waals surface area contributed by atoms with E-state index in [0.717, 1.165) is 0 Å². The zero-order chi connectivity index (χ0) is 23.8. The van der Waals surface area contributed by atoms with E-state index in [4.69, 9.17) is 4.98 Å². The van der Waals surface area contributed by atoms with Crippen LogP contribution in [0.25, 0.3) is 0 Å². The molecule has 0 aliphatic carbocycles. The van der Waals surface area contributed by atoms with E-state index in [1.807, 2.05) is 0 Å². The highest BCUT2D eigenvalue weighted by molar-refractivity contribution is 5.22. The summed E-state index contributed by atoms with van der Waals surface area (Å²) in [5.74, 6) is 0. The lowest BCUT2D eigenvalue weighted by molar-refractivity contribution is 0.553. The minimum Gasteiger partial charge on any atom is -0.258 e. The van der Waals surface area contributed by atoms with Crippen molar-refractivity contribution in [2.75, 3.05) is 0 Å². The maximum atomic E-state index is 5.07. The molecule has 1 aromatic rings. The van der Waals surface area contributed by atoms with E-state index in [1.165, 1.54) is 171 Å². The molecule has 1 aromatic heterocycles. The molecular formula is C32H59N. The summed E-state index contributed by atoms with van der Waals surface area (Å²) in [5, 5.41) is 0. The van der Waals surface area contributed by atoms with Gasteiger partial charge in [0.2, 0.25) is 0 Å². The van der Waals surface area contributed by atoms with Crippen LogP contribution in [0, 0.1) is 0 Å². The fraction of sp³-hybridized carbons (Fsp3) is 0.844. The van der Waals surface area contributed by atoms with Crippen molar-refractivity contribution in [3.05, 3.63) is 29.1 Å². The molecule has 192 valence electrons. The van der Waals surface area contributed by atoms with Crippen molar-refractivity contribution in [1.82, 2.24) is 4.98 Å². The molecule has 0 radical (unpaired) electrons. The highest BCUT2D eigenvalue weighted by Crippen LogP contribution is 2.16. The van der Waals surface area contributed by atoms with Crippen molar-refractivity contribution in [2.45, 2.75) is 175 Å². The Morgan fingerprint density at radius 3 is 1.06 bits per heavy atom. The predicted molar refractivity (Wildman–Crippen MR) is 149 cm³/mol. The molecule has 0 spiro atoms. The summed E-state index contributed by atoms with van der Waals surface area (Å²) in [4.78, 5) is 5.07. The Labute approximate surface area is 209 Å². The molecule has 0 aliphatic rings. The largest absolute Gasteiger partial charge is 0.258 e. The van der Waals surface area contributed by atoms with Crippen LogP contribution >= 0.6 is 0 Å². The Morgan fingerprint density at radius 1 is 0.394 bits per heavy atom. The Morgan fingerprint density at radius 2 is 0.727 bits per heavy atom. The first kappa shape index (κ1) is 30.2. The van der Waals surface area contributed by atoms with Gasteiger partial charge in [-0.3, -0.25) is 4.98 Å². The number of aryl methyl sites for hydroxylation is 3. The molecule has 1 rings (SSSR count). The van der Waals surface area contributed by atoms with E-state index in [1.54, 1.807) is 0 Å². The van der Waals surface area contributed by atoms with Gasteiger partial charge >= 0.3 is 0 Å². The minimum atomic E-state index is 1.18. The quantitative estimate of drug-likeness (QED) is 0.141. The van der Waals surface area contributed by atoms with Crippen LogP contribution < -0.4 is 0 Å². The average Bonchev–Trinajstić information content (AvgIpc) is 2.81. The standard InChI is InChI=1S/C32H59N/c1-4-7-9-11-13-15-17-19-21-23-26-31-28-30(25-6-3)29-32(33-31)27-24-22-20-18-16-14-12-10-8-5-2/h28-29H,4-27H2,1-3H3. The highest BCUT2D eigenvalue weighted by Gasteiger charge is 2.04. The first-order chi connectivity index (χ1) is 16.3. The first-order valence-corrected chi connectivity index (χ1v) is 15.3. The second-order valence-electron chi connectivity index (χ2n) is 10.6. The van der Waals surface area contributed by atoms with Crippen LogP contribution in [0.15, 0.2) is 12.1 Å². The molecule has 33 heavy (non-hydrogen) atoms. The lowest BCUT2D eigenvalue weighted by Crippen LogP contribution is -2.00. The maximum absolute atomic E-state index is 5.07. The second-order valence-corrected chi connectivity index (χ2v) is 10.6. The first-order valence-electron chi connectivity index (χ1n) is 15.3. The van der Waals surface area contributed by atoms with E-state index in [0.29, 0.717) is 0 Å². The smallest absolute Gasteiger partial charge is 0.0409 e. The summed E-state index contributed by atoms with van der Waals surface area (Å²) >= 11 is 0. The molecule has 0 saturated carbocycles. The summed E-state index contributed by atoms with van der Waals surface area (Å²) < 4.78 is 0. The highest BCUT2D eigenvalue weighted by atomic mass is 14.7. The lowest BCUT2D eigenvalue weighted by atomic mass is 10.0. The third-order valence-corrected chi connectivity index (χ3v) is 7.10. The number of hydrogen-bond acceptors (Lipinski definition) is 1. The molecule has 0 fully saturated rings. The summed E-state index contributed by atoms with van der Waals surface area (Å²) in [5.41, 5.74) is 4.25. The number of aromatic nitrogens is 1. The van der Waals surface area contributed by atoms with E-state index >= 15 is 0 Å². The van der Waals surface area contributed by atoms with Gasteiger partial charge in [0.15, 0.2) is 0 Å². The van der Waals surface area contributed by atoms with Crippen LogP contribution in [0.2, 0.25) is 0 Å². The third kappa shape index (κ3) is 18.2. The Kier molecular flexibility index (Phi) is 21.0. The fourth-order valence-corrected chi connectivity index (χ4v) is 4.99. The Balaban J connectivity index is 2.19. The van der Waals surface area contributed by atoms with Gasteiger partial charge in [-0.15, -0.1) is 0 Å².